The van der Waals surface area contributed by atoms with Crippen molar-refractivity contribution in [3.05, 3.63) is 77.8 Å². The average molecular weight is 461 g/mol. The third-order valence-electron chi connectivity index (χ3n) is 5.97. The maximum absolute atomic E-state index is 15.0. The van der Waals surface area contributed by atoms with Crippen molar-refractivity contribution in [2.75, 3.05) is 10.6 Å². The minimum atomic E-state index is -0.848. The zero-order chi connectivity index (χ0) is 24.2. The number of halogens is 1. The number of nitrogens with zero attached hydrogens (tertiary/aromatic N) is 3. The maximum atomic E-state index is 15.0. The second-order valence-corrected chi connectivity index (χ2v) is 8.52. The van der Waals surface area contributed by atoms with Gasteiger partial charge in [-0.1, -0.05) is 31.2 Å². The highest BCUT2D eigenvalue weighted by atomic mass is 19.1. The number of allylic oxidation sites excluding steroid dienone is 4. The molecule has 3 N–H and O–H groups in total. The molecule has 4 rings (SSSR count). The van der Waals surface area contributed by atoms with Gasteiger partial charge in [0.1, 0.15) is 23.6 Å². The molecule has 0 aliphatic heterocycles. The molecule has 0 saturated heterocycles. The summed E-state index contributed by atoms with van der Waals surface area (Å²) in [6, 6.07) is 3.18. The molecule has 0 aromatic carbocycles. The van der Waals surface area contributed by atoms with Gasteiger partial charge < -0.3 is 15.6 Å². The fourth-order valence-corrected chi connectivity index (χ4v) is 3.55. The fraction of sp³-hybridized carbons (Fsp3) is 0.308. The number of hydrogen-bond donors (Lipinski definition) is 3. The smallest absolute Gasteiger partial charge is 0.226 e. The molecule has 1 atom stereocenters. The summed E-state index contributed by atoms with van der Waals surface area (Å²) in [4.78, 5) is 28.7. The average Bonchev–Trinajstić information content (AvgIpc) is 3.60. The van der Waals surface area contributed by atoms with Crippen LogP contribution in [0.3, 0.4) is 0 Å². The quantitative estimate of drug-likeness (QED) is 0.202. The van der Waals surface area contributed by atoms with E-state index in [2.05, 4.69) is 37.1 Å². The van der Waals surface area contributed by atoms with Crippen LogP contribution in [0.15, 0.2) is 60.7 Å². The molecule has 1 aliphatic rings. The minimum absolute atomic E-state index is 0.121. The number of nitrogens with one attached hydrogen (secondary N) is 3. The van der Waals surface area contributed by atoms with Crippen molar-refractivity contribution >= 4 is 28.5 Å². The molecule has 0 bridgehead atoms. The Hall–Kier alpha value is -3.81. The SMILES string of the molecule is C=C(/C=C\C(=C/C)Nc1ccc(C(=O)c2c[nH]c3ncnc(NC(C)CC)c23)c(F)n1)C1CC1. The van der Waals surface area contributed by atoms with E-state index in [-0.39, 0.29) is 11.6 Å². The number of pyridine rings is 1. The second-order valence-electron chi connectivity index (χ2n) is 8.52. The molecule has 3 aromatic rings. The van der Waals surface area contributed by atoms with Gasteiger partial charge in [0.25, 0.3) is 0 Å². The monoisotopic (exact) mass is 460 g/mol. The van der Waals surface area contributed by atoms with Crippen LogP contribution in [0.4, 0.5) is 16.0 Å². The van der Waals surface area contributed by atoms with E-state index in [4.69, 9.17) is 0 Å². The molecule has 3 heterocycles. The van der Waals surface area contributed by atoms with E-state index >= 15 is 0 Å². The van der Waals surface area contributed by atoms with Crippen LogP contribution < -0.4 is 10.6 Å². The third kappa shape index (κ3) is 5.06. The molecule has 0 amide bonds. The Morgan fingerprint density at radius 1 is 1.29 bits per heavy atom. The second kappa shape index (κ2) is 9.99. The molecule has 1 unspecified atom stereocenters. The van der Waals surface area contributed by atoms with Crippen LogP contribution in [0.2, 0.25) is 0 Å². The van der Waals surface area contributed by atoms with Crippen LogP contribution in [0.25, 0.3) is 11.0 Å². The topological polar surface area (TPSA) is 95.6 Å². The summed E-state index contributed by atoms with van der Waals surface area (Å²) in [5.41, 5.74) is 2.53. The number of rotatable bonds is 10. The standard InChI is InChI=1S/C26H29FN6O/c1-5-16(4)31-26-22-20(13-28-25(22)29-14-30-26)23(34)19-11-12-21(33-24(19)27)32-18(6-2)10-7-15(3)17-8-9-17/h6-7,10-14,16-17H,3,5,8-9H2,1-2,4H3,(H,32,33)(H2,28,29,30,31)/b10-7-,18-6+. The van der Waals surface area contributed by atoms with E-state index in [1.165, 1.54) is 31.4 Å². The number of carbonyl (C=O) groups is 1. The van der Waals surface area contributed by atoms with Gasteiger partial charge in [0.15, 0.2) is 5.78 Å². The van der Waals surface area contributed by atoms with E-state index in [9.17, 15) is 9.18 Å². The van der Waals surface area contributed by atoms with Crippen LogP contribution in [0.5, 0.6) is 0 Å². The van der Waals surface area contributed by atoms with Gasteiger partial charge in [0.2, 0.25) is 5.95 Å². The third-order valence-corrected chi connectivity index (χ3v) is 5.97. The van der Waals surface area contributed by atoms with Crippen LogP contribution >= 0.6 is 0 Å². The van der Waals surface area contributed by atoms with E-state index in [1.54, 1.807) is 6.07 Å². The summed E-state index contributed by atoms with van der Waals surface area (Å²) in [5, 5.41) is 6.91. The van der Waals surface area contributed by atoms with Crippen molar-refractivity contribution in [2.24, 2.45) is 5.92 Å². The van der Waals surface area contributed by atoms with Crippen molar-refractivity contribution < 1.29 is 9.18 Å². The molecule has 1 aliphatic carbocycles. The molecule has 0 spiro atoms. The van der Waals surface area contributed by atoms with Gasteiger partial charge in [-0.25, -0.2) is 15.0 Å². The van der Waals surface area contributed by atoms with Crippen molar-refractivity contribution in [3.8, 4) is 0 Å². The summed E-state index contributed by atoms with van der Waals surface area (Å²) in [7, 11) is 0. The first-order chi connectivity index (χ1) is 16.4. The molecule has 8 heteroatoms. The first-order valence-electron chi connectivity index (χ1n) is 11.5. The largest absolute Gasteiger partial charge is 0.367 e. The van der Waals surface area contributed by atoms with Crippen LogP contribution in [0, 0.1) is 11.9 Å². The number of hydrogen-bond acceptors (Lipinski definition) is 6. The molecule has 1 saturated carbocycles. The first-order valence-corrected chi connectivity index (χ1v) is 11.5. The van der Waals surface area contributed by atoms with Gasteiger partial charge >= 0.3 is 0 Å². The number of aromatic nitrogens is 4. The fourth-order valence-electron chi connectivity index (χ4n) is 3.55. The molecule has 1 fully saturated rings. The number of carbonyl (C=O) groups excluding carboxylic acids is 1. The Bertz CT molecular complexity index is 1290. The molecule has 7 nitrogen and oxygen atoms in total. The molecular formula is C26H29FN6O. The Morgan fingerprint density at radius 3 is 2.76 bits per heavy atom. The lowest BCUT2D eigenvalue weighted by Gasteiger charge is -2.13. The summed E-state index contributed by atoms with van der Waals surface area (Å²) < 4.78 is 15.0. The van der Waals surface area contributed by atoms with E-state index < -0.39 is 11.7 Å². The van der Waals surface area contributed by atoms with Crippen molar-refractivity contribution in [3.63, 3.8) is 0 Å². The first kappa shape index (κ1) is 23.4. The van der Waals surface area contributed by atoms with Gasteiger partial charge in [-0.05, 0) is 57.2 Å². The van der Waals surface area contributed by atoms with Crippen molar-refractivity contribution in [1.29, 1.82) is 0 Å². The zero-order valence-electron chi connectivity index (χ0n) is 19.7. The summed E-state index contributed by atoms with van der Waals surface area (Å²) in [6.45, 7) is 10.0. The van der Waals surface area contributed by atoms with Crippen LogP contribution in [-0.4, -0.2) is 31.8 Å². The predicted molar refractivity (Wildman–Crippen MR) is 133 cm³/mol. The van der Waals surface area contributed by atoms with E-state index in [0.29, 0.717) is 34.2 Å². The Morgan fingerprint density at radius 2 is 2.09 bits per heavy atom. The Labute approximate surface area is 198 Å². The van der Waals surface area contributed by atoms with Crippen molar-refractivity contribution in [2.45, 2.75) is 46.1 Å². The van der Waals surface area contributed by atoms with Crippen molar-refractivity contribution in [1.82, 2.24) is 19.9 Å². The van der Waals surface area contributed by atoms with Gasteiger partial charge in [-0.2, -0.15) is 4.39 Å². The predicted octanol–water partition coefficient (Wildman–Crippen LogP) is 5.77. The van der Waals surface area contributed by atoms with E-state index in [0.717, 1.165) is 17.7 Å². The normalized spacial score (nSPS) is 15.0. The van der Waals surface area contributed by atoms with Gasteiger partial charge in [0, 0.05) is 17.9 Å². The zero-order valence-corrected chi connectivity index (χ0v) is 19.7. The lowest BCUT2D eigenvalue weighted by atomic mass is 10.0. The van der Waals surface area contributed by atoms with Crippen LogP contribution in [0.1, 0.15) is 56.0 Å². The number of aromatic amines is 1. The highest BCUT2D eigenvalue weighted by Gasteiger charge is 2.23. The lowest BCUT2D eigenvalue weighted by molar-refractivity contribution is 0.103. The molecule has 176 valence electrons. The highest BCUT2D eigenvalue weighted by molar-refractivity contribution is 6.18. The molecular weight excluding hydrogens is 431 g/mol. The number of H-pyrrole nitrogens is 1. The van der Waals surface area contributed by atoms with Gasteiger partial charge in [-0.15, -0.1) is 0 Å². The summed E-state index contributed by atoms with van der Waals surface area (Å²) in [6.07, 6.45) is 11.9. The maximum Gasteiger partial charge on any atom is 0.226 e. The number of anilines is 2. The minimum Gasteiger partial charge on any atom is -0.367 e. The van der Waals surface area contributed by atoms with Gasteiger partial charge in [-0.3, -0.25) is 4.79 Å². The summed E-state index contributed by atoms with van der Waals surface area (Å²) >= 11 is 0. The number of ketones is 1. The molecule has 34 heavy (non-hydrogen) atoms. The molecule has 0 radical (unpaired) electrons. The van der Waals surface area contributed by atoms with Gasteiger partial charge in [0.05, 0.1) is 16.5 Å². The van der Waals surface area contributed by atoms with E-state index in [1.807, 2.05) is 39.0 Å². The number of fused-ring (bicyclic) bond motifs is 1. The van der Waals surface area contributed by atoms with Crippen LogP contribution in [-0.2, 0) is 0 Å². The highest BCUT2D eigenvalue weighted by Crippen LogP contribution is 2.36. The Balaban J connectivity index is 1.57. The Kier molecular flexibility index (Phi) is 6.86. The lowest BCUT2D eigenvalue weighted by Crippen LogP contribution is -2.15. The molecule has 3 aromatic heterocycles. The summed E-state index contributed by atoms with van der Waals surface area (Å²) in [5.74, 6) is 0.0836.